The van der Waals surface area contributed by atoms with Gasteiger partial charge >= 0.3 is 0 Å². The van der Waals surface area contributed by atoms with E-state index >= 15 is 0 Å². The van der Waals surface area contributed by atoms with E-state index in [1.807, 2.05) is 24.4 Å². The molecule has 2 aromatic heterocycles. The van der Waals surface area contributed by atoms with Gasteiger partial charge in [-0.15, -0.1) is 0 Å². The fourth-order valence-corrected chi connectivity index (χ4v) is 1.11. The predicted molar refractivity (Wildman–Crippen MR) is 65.3 cm³/mol. The molecule has 0 saturated heterocycles. The summed E-state index contributed by atoms with van der Waals surface area (Å²) in [6, 6.07) is 5.73. The van der Waals surface area contributed by atoms with Crippen LogP contribution in [0.5, 0.6) is 0 Å². The zero-order valence-electron chi connectivity index (χ0n) is 9.58. The Bertz CT molecular complexity index is 354. The van der Waals surface area contributed by atoms with Gasteiger partial charge in [0.25, 0.3) is 0 Å². The van der Waals surface area contributed by atoms with E-state index in [-0.39, 0.29) is 0 Å². The summed E-state index contributed by atoms with van der Waals surface area (Å²) in [5.74, 6) is 0. The van der Waals surface area contributed by atoms with Crippen LogP contribution in [0.1, 0.15) is 19.8 Å². The van der Waals surface area contributed by atoms with Crippen molar-refractivity contribution in [2.24, 2.45) is 5.73 Å². The minimum absolute atomic E-state index is 0.844. The summed E-state index contributed by atoms with van der Waals surface area (Å²) in [5.41, 5.74) is 6.12. The molecule has 0 aliphatic carbocycles. The Labute approximate surface area is 96.1 Å². The molecule has 0 unspecified atom stereocenters. The quantitative estimate of drug-likeness (QED) is 0.857. The first-order valence-electron chi connectivity index (χ1n) is 5.48. The molecule has 2 aromatic rings. The molecule has 0 fully saturated rings. The van der Waals surface area contributed by atoms with Crippen molar-refractivity contribution >= 4 is 0 Å². The highest BCUT2D eigenvalue weighted by Crippen LogP contribution is 2.01. The van der Waals surface area contributed by atoms with Crippen LogP contribution in [0.4, 0.5) is 0 Å². The lowest BCUT2D eigenvalue weighted by Crippen LogP contribution is -1.95. The minimum Gasteiger partial charge on any atom is -0.330 e. The zero-order chi connectivity index (χ0) is 11.6. The van der Waals surface area contributed by atoms with Gasteiger partial charge < -0.3 is 5.73 Å². The Kier molecular flexibility index (Phi) is 5.88. The van der Waals surface area contributed by atoms with Crippen molar-refractivity contribution in [1.29, 1.82) is 0 Å². The highest BCUT2D eigenvalue weighted by Gasteiger charge is 1.91. The van der Waals surface area contributed by atoms with E-state index in [0.717, 1.165) is 12.2 Å². The minimum atomic E-state index is 0.844. The lowest BCUT2D eigenvalue weighted by Gasteiger charge is -1.96. The van der Waals surface area contributed by atoms with E-state index in [1.54, 1.807) is 23.3 Å². The molecule has 4 nitrogen and oxygen atoms in total. The molecule has 0 radical (unpaired) electrons. The number of hydrogen-bond donors (Lipinski definition) is 1. The Balaban J connectivity index is 0.000000221. The second kappa shape index (κ2) is 7.59. The summed E-state index contributed by atoms with van der Waals surface area (Å²) in [7, 11) is 0. The topological polar surface area (TPSA) is 56.7 Å². The second-order valence-electron chi connectivity index (χ2n) is 3.30. The van der Waals surface area contributed by atoms with Crippen LogP contribution in [-0.4, -0.2) is 21.3 Å². The monoisotopic (exact) mass is 218 g/mol. The van der Waals surface area contributed by atoms with Crippen molar-refractivity contribution < 1.29 is 0 Å². The van der Waals surface area contributed by atoms with Gasteiger partial charge in [0.05, 0.1) is 11.9 Å². The van der Waals surface area contributed by atoms with Gasteiger partial charge in [-0.2, -0.15) is 5.10 Å². The number of nitrogens with zero attached hydrogens (tertiary/aromatic N) is 3. The largest absolute Gasteiger partial charge is 0.330 e. The molecule has 0 bridgehead atoms. The molecule has 0 spiro atoms. The Morgan fingerprint density at radius 1 is 1.31 bits per heavy atom. The molecular weight excluding hydrogens is 200 g/mol. The van der Waals surface area contributed by atoms with Crippen molar-refractivity contribution in [2.75, 3.05) is 6.54 Å². The highest BCUT2D eigenvalue weighted by molar-refractivity contribution is 5.25. The first-order chi connectivity index (χ1) is 7.88. The third-order valence-electron chi connectivity index (χ3n) is 1.97. The fourth-order valence-electron chi connectivity index (χ4n) is 1.11. The average Bonchev–Trinajstić information content (AvgIpc) is 2.86. The second-order valence-corrected chi connectivity index (χ2v) is 3.30. The van der Waals surface area contributed by atoms with Gasteiger partial charge in [0.15, 0.2) is 0 Å². The van der Waals surface area contributed by atoms with E-state index in [1.165, 1.54) is 12.8 Å². The fraction of sp³-hybridized carbons (Fsp3) is 0.333. The molecule has 0 atom stereocenters. The summed E-state index contributed by atoms with van der Waals surface area (Å²) in [6.45, 7) is 2.98. The lowest BCUT2D eigenvalue weighted by molar-refractivity contribution is 0.807. The summed E-state index contributed by atoms with van der Waals surface area (Å²) in [4.78, 5) is 3.98. The Morgan fingerprint density at radius 3 is 2.62 bits per heavy atom. The lowest BCUT2D eigenvalue weighted by atomic mass is 10.3. The third-order valence-corrected chi connectivity index (χ3v) is 1.97. The zero-order valence-corrected chi connectivity index (χ0v) is 9.58. The van der Waals surface area contributed by atoms with Gasteiger partial charge in [0.2, 0.25) is 0 Å². The Hall–Kier alpha value is -1.68. The standard InChI is InChI=1S/C8H7N3.C4H11N/c1-3-8(7-9-4-1)11-6-2-5-10-11;1-2-3-4-5/h1-7H;2-5H2,1H3. The van der Waals surface area contributed by atoms with E-state index in [9.17, 15) is 0 Å². The maximum atomic E-state index is 5.14. The number of hydrogen-bond acceptors (Lipinski definition) is 3. The van der Waals surface area contributed by atoms with Crippen LogP contribution < -0.4 is 5.73 Å². The van der Waals surface area contributed by atoms with E-state index < -0.39 is 0 Å². The number of rotatable bonds is 3. The van der Waals surface area contributed by atoms with Gasteiger partial charge in [-0.25, -0.2) is 4.68 Å². The normalized spacial score (nSPS) is 9.38. The predicted octanol–water partition coefficient (Wildman–Crippen LogP) is 2.01. The van der Waals surface area contributed by atoms with Crippen molar-refractivity contribution in [3.8, 4) is 5.69 Å². The molecule has 2 N–H and O–H groups in total. The molecule has 0 aliphatic heterocycles. The molecule has 2 heterocycles. The average molecular weight is 218 g/mol. The third kappa shape index (κ3) is 4.23. The summed E-state index contributed by atoms with van der Waals surface area (Å²) >= 11 is 0. The molecule has 86 valence electrons. The number of pyridine rings is 1. The van der Waals surface area contributed by atoms with Crippen LogP contribution in [0.2, 0.25) is 0 Å². The number of nitrogens with two attached hydrogens (primary N) is 1. The van der Waals surface area contributed by atoms with Crippen molar-refractivity contribution in [3.05, 3.63) is 43.0 Å². The summed E-state index contributed by atoms with van der Waals surface area (Å²) in [5, 5.41) is 4.06. The van der Waals surface area contributed by atoms with E-state index in [4.69, 9.17) is 5.73 Å². The van der Waals surface area contributed by atoms with Gasteiger partial charge in [0.1, 0.15) is 0 Å². The first kappa shape index (κ1) is 12.4. The van der Waals surface area contributed by atoms with Gasteiger partial charge in [-0.1, -0.05) is 13.3 Å². The number of aromatic nitrogens is 3. The maximum absolute atomic E-state index is 5.14. The van der Waals surface area contributed by atoms with Crippen LogP contribution in [-0.2, 0) is 0 Å². The molecular formula is C12H18N4. The molecule has 0 saturated carbocycles. The van der Waals surface area contributed by atoms with Gasteiger partial charge in [-0.05, 0) is 31.2 Å². The van der Waals surface area contributed by atoms with Crippen molar-refractivity contribution in [2.45, 2.75) is 19.8 Å². The summed E-state index contributed by atoms with van der Waals surface area (Å²) in [6.07, 6.45) is 9.53. The number of unbranched alkanes of at least 4 members (excludes halogenated alkanes) is 1. The van der Waals surface area contributed by atoms with Gasteiger partial charge in [0, 0.05) is 18.6 Å². The molecule has 4 heteroatoms. The first-order valence-corrected chi connectivity index (χ1v) is 5.48. The molecule has 0 aliphatic rings. The molecule has 0 aromatic carbocycles. The van der Waals surface area contributed by atoms with Gasteiger partial charge in [-0.3, -0.25) is 4.98 Å². The maximum Gasteiger partial charge on any atom is 0.0828 e. The molecule has 0 amide bonds. The highest BCUT2D eigenvalue weighted by atomic mass is 15.3. The summed E-state index contributed by atoms with van der Waals surface area (Å²) < 4.78 is 1.77. The van der Waals surface area contributed by atoms with Crippen LogP contribution in [0.25, 0.3) is 5.69 Å². The van der Waals surface area contributed by atoms with Crippen molar-refractivity contribution in [1.82, 2.24) is 14.8 Å². The van der Waals surface area contributed by atoms with Crippen LogP contribution >= 0.6 is 0 Å². The van der Waals surface area contributed by atoms with Crippen molar-refractivity contribution in [3.63, 3.8) is 0 Å². The van der Waals surface area contributed by atoms with E-state index in [2.05, 4.69) is 17.0 Å². The van der Waals surface area contributed by atoms with E-state index in [0.29, 0.717) is 0 Å². The Morgan fingerprint density at radius 2 is 2.19 bits per heavy atom. The van der Waals surface area contributed by atoms with Crippen LogP contribution in [0.3, 0.4) is 0 Å². The van der Waals surface area contributed by atoms with Crippen LogP contribution in [0.15, 0.2) is 43.0 Å². The smallest absolute Gasteiger partial charge is 0.0828 e. The molecule has 2 rings (SSSR count). The SMILES string of the molecule is CCCCN.c1cncc(-n2cccn2)c1. The molecule has 16 heavy (non-hydrogen) atoms. The van der Waals surface area contributed by atoms with Crippen LogP contribution in [0, 0.1) is 0 Å².